The van der Waals surface area contributed by atoms with E-state index in [1.807, 2.05) is 10.6 Å². The highest BCUT2D eigenvalue weighted by molar-refractivity contribution is 14.1. The highest BCUT2D eigenvalue weighted by atomic mass is 127. The Morgan fingerprint density at radius 2 is 2.33 bits per heavy atom. The molecule has 0 radical (unpaired) electrons. The first kappa shape index (κ1) is 8.24. The molecule has 0 saturated carbocycles. The van der Waals surface area contributed by atoms with Gasteiger partial charge in [0.05, 0.1) is 0 Å². The summed E-state index contributed by atoms with van der Waals surface area (Å²) in [4.78, 5) is 8.13. The molecule has 6 heteroatoms. The van der Waals surface area contributed by atoms with E-state index < -0.39 is 0 Å². The van der Waals surface area contributed by atoms with Gasteiger partial charge < -0.3 is 5.73 Å². The van der Waals surface area contributed by atoms with Gasteiger partial charge in [0.1, 0.15) is 8.30 Å². The summed E-state index contributed by atoms with van der Waals surface area (Å²) >= 11 is 5.50. The van der Waals surface area contributed by atoms with Gasteiger partial charge in [0, 0.05) is 12.4 Å². The lowest BCUT2D eigenvalue weighted by Crippen LogP contribution is -1.95. The van der Waals surface area contributed by atoms with Gasteiger partial charge in [-0.2, -0.15) is 0 Å². The number of nitrogens with zero attached hydrogens (tertiary/aromatic N) is 3. The van der Waals surface area contributed by atoms with Gasteiger partial charge in [-0.1, -0.05) is 0 Å². The number of nitrogens with two attached hydrogens (primary N) is 1. The zero-order valence-corrected chi connectivity index (χ0v) is 9.57. The highest BCUT2D eigenvalue weighted by Crippen LogP contribution is 2.21. The molecule has 2 N–H and O–H groups in total. The first-order valence-corrected chi connectivity index (χ1v) is 5.01. The van der Waals surface area contributed by atoms with Crippen LogP contribution in [0.3, 0.4) is 0 Å². The maximum atomic E-state index is 5.62. The van der Waals surface area contributed by atoms with E-state index in [2.05, 4.69) is 48.5 Å². The Hall–Kier alpha value is -0.370. The Balaban J connectivity index is 2.95. The molecular formula is C6H4BrIN4. The zero-order chi connectivity index (χ0) is 8.72. The van der Waals surface area contributed by atoms with Gasteiger partial charge in [0.25, 0.3) is 0 Å². The molecule has 4 nitrogen and oxygen atoms in total. The van der Waals surface area contributed by atoms with Crippen LogP contribution in [0.25, 0.3) is 5.65 Å². The SMILES string of the molecule is Nc1nccn2c(I)c(Br)nc12. The van der Waals surface area contributed by atoms with Crippen LogP contribution in [0.2, 0.25) is 0 Å². The first-order chi connectivity index (χ1) is 5.70. The minimum Gasteiger partial charge on any atom is -0.381 e. The highest BCUT2D eigenvalue weighted by Gasteiger charge is 2.08. The summed E-state index contributed by atoms with van der Waals surface area (Å²) in [6.45, 7) is 0. The second kappa shape index (κ2) is 2.84. The number of rotatable bonds is 0. The van der Waals surface area contributed by atoms with Gasteiger partial charge in [-0.05, 0) is 38.5 Å². The second-order valence-corrected chi connectivity index (χ2v) is 3.97. The van der Waals surface area contributed by atoms with Gasteiger partial charge in [0.2, 0.25) is 0 Å². The van der Waals surface area contributed by atoms with Crippen molar-refractivity contribution in [2.75, 3.05) is 5.73 Å². The molecule has 62 valence electrons. The number of hydrogen-bond acceptors (Lipinski definition) is 3. The van der Waals surface area contributed by atoms with Gasteiger partial charge in [-0.15, -0.1) is 0 Å². The van der Waals surface area contributed by atoms with E-state index >= 15 is 0 Å². The molecule has 2 heterocycles. The van der Waals surface area contributed by atoms with Crippen LogP contribution in [0, 0.1) is 3.70 Å². The maximum Gasteiger partial charge on any atom is 0.181 e. The smallest absolute Gasteiger partial charge is 0.181 e. The Labute approximate surface area is 90.5 Å². The molecule has 0 bridgehead atoms. The third kappa shape index (κ3) is 1.09. The van der Waals surface area contributed by atoms with Crippen LogP contribution in [0.15, 0.2) is 17.0 Å². The summed E-state index contributed by atoms with van der Waals surface area (Å²) in [7, 11) is 0. The normalized spacial score (nSPS) is 10.8. The fraction of sp³-hybridized carbons (Fsp3) is 0. The second-order valence-electron chi connectivity index (χ2n) is 2.20. The molecule has 0 fully saturated rings. The van der Waals surface area contributed by atoms with Gasteiger partial charge in [0.15, 0.2) is 11.5 Å². The predicted molar refractivity (Wildman–Crippen MR) is 57.8 cm³/mol. The Morgan fingerprint density at radius 1 is 1.58 bits per heavy atom. The average molecular weight is 339 g/mol. The number of imidazole rings is 1. The van der Waals surface area contributed by atoms with Crippen molar-refractivity contribution in [3.05, 3.63) is 20.7 Å². The molecular weight excluding hydrogens is 335 g/mol. The lowest BCUT2D eigenvalue weighted by Gasteiger charge is -1.95. The number of aromatic nitrogens is 3. The Kier molecular flexibility index (Phi) is 1.95. The van der Waals surface area contributed by atoms with Gasteiger partial charge in [-0.25, -0.2) is 9.97 Å². The van der Waals surface area contributed by atoms with Crippen molar-refractivity contribution in [1.82, 2.24) is 14.4 Å². The van der Waals surface area contributed by atoms with Crippen LogP contribution < -0.4 is 5.73 Å². The van der Waals surface area contributed by atoms with Crippen LogP contribution in [-0.4, -0.2) is 14.4 Å². The summed E-state index contributed by atoms with van der Waals surface area (Å²) in [5.74, 6) is 0.445. The maximum absolute atomic E-state index is 5.62. The van der Waals surface area contributed by atoms with E-state index in [9.17, 15) is 0 Å². The lowest BCUT2D eigenvalue weighted by molar-refractivity contribution is 1.11. The molecule has 2 rings (SSSR count). The summed E-state index contributed by atoms with van der Waals surface area (Å²) in [6.07, 6.45) is 3.48. The fourth-order valence-corrected chi connectivity index (χ4v) is 1.81. The summed E-state index contributed by atoms with van der Waals surface area (Å²) in [5, 5.41) is 0. The molecule has 2 aromatic rings. The Bertz CT molecular complexity index is 438. The summed E-state index contributed by atoms with van der Waals surface area (Å²) in [5.41, 5.74) is 6.31. The zero-order valence-electron chi connectivity index (χ0n) is 5.83. The fourth-order valence-electron chi connectivity index (χ4n) is 0.940. The number of anilines is 1. The van der Waals surface area contributed by atoms with Crippen molar-refractivity contribution >= 4 is 50.0 Å². The molecule has 0 saturated heterocycles. The molecule has 0 spiro atoms. The first-order valence-electron chi connectivity index (χ1n) is 3.13. The van der Waals surface area contributed by atoms with Crippen LogP contribution in [0.4, 0.5) is 5.82 Å². The van der Waals surface area contributed by atoms with Gasteiger partial charge >= 0.3 is 0 Å². The van der Waals surface area contributed by atoms with E-state index in [0.29, 0.717) is 11.5 Å². The van der Waals surface area contributed by atoms with Crippen molar-refractivity contribution in [3.8, 4) is 0 Å². The average Bonchev–Trinajstić information content (AvgIpc) is 2.32. The topological polar surface area (TPSA) is 56.2 Å². The summed E-state index contributed by atoms with van der Waals surface area (Å²) in [6, 6.07) is 0. The van der Waals surface area contributed by atoms with Crippen LogP contribution in [0.1, 0.15) is 0 Å². The van der Waals surface area contributed by atoms with E-state index in [4.69, 9.17) is 5.73 Å². The number of halogens is 2. The quantitative estimate of drug-likeness (QED) is 0.743. The van der Waals surface area contributed by atoms with Crippen LogP contribution >= 0.6 is 38.5 Å². The molecule has 2 aromatic heterocycles. The van der Waals surface area contributed by atoms with E-state index in [0.717, 1.165) is 8.30 Å². The molecule has 0 aliphatic rings. The molecule has 0 aliphatic heterocycles. The van der Waals surface area contributed by atoms with E-state index in [1.54, 1.807) is 6.20 Å². The summed E-state index contributed by atoms with van der Waals surface area (Å²) < 4.78 is 3.67. The number of nitrogen functional groups attached to an aromatic ring is 1. The number of hydrogen-bond donors (Lipinski definition) is 1. The molecule has 0 amide bonds. The third-order valence-electron chi connectivity index (χ3n) is 1.47. The number of fused-ring (bicyclic) bond motifs is 1. The largest absolute Gasteiger partial charge is 0.381 e. The molecule has 0 aliphatic carbocycles. The van der Waals surface area contributed by atoms with Crippen molar-refractivity contribution in [3.63, 3.8) is 0 Å². The molecule has 0 atom stereocenters. The minimum atomic E-state index is 0.445. The van der Waals surface area contributed by atoms with Gasteiger partial charge in [-0.3, -0.25) is 4.40 Å². The van der Waals surface area contributed by atoms with Crippen molar-refractivity contribution in [1.29, 1.82) is 0 Å². The van der Waals surface area contributed by atoms with E-state index in [1.165, 1.54) is 0 Å². The van der Waals surface area contributed by atoms with E-state index in [-0.39, 0.29) is 0 Å². The standard InChI is InChI=1S/C6H4BrIN4/c7-3-4(8)12-2-1-10-5(9)6(12)11-3/h1-2H,(H2,9,10). The van der Waals surface area contributed by atoms with Crippen LogP contribution in [0.5, 0.6) is 0 Å². The van der Waals surface area contributed by atoms with Crippen molar-refractivity contribution in [2.24, 2.45) is 0 Å². The lowest BCUT2D eigenvalue weighted by atomic mass is 10.6. The minimum absolute atomic E-state index is 0.445. The Morgan fingerprint density at radius 3 is 3.00 bits per heavy atom. The molecule has 0 aromatic carbocycles. The third-order valence-corrected chi connectivity index (χ3v) is 3.80. The molecule has 0 unspecified atom stereocenters. The van der Waals surface area contributed by atoms with Crippen molar-refractivity contribution in [2.45, 2.75) is 0 Å². The monoisotopic (exact) mass is 338 g/mol. The predicted octanol–water partition coefficient (Wildman–Crippen LogP) is 1.68. The van der Waals surface area contributed by atoms with Crippen molar-refractivity contribution < 1.29 is 0 Å². The molecule has 12 heavy (non-hydrogen) atoms. The van der Waals surface area contributed by atoms with Crippen LogP contribution in [-0.2, 0) is 0 Å².